The first-order valence-corrected chi connectivity index (χ1v) is 5.22. The van der Waals surface area contributed by atoms with Crippen LogP contribution < -0.4 is 0 Å². The molecule has 1 aromatic heterocycles. The molecular formula is C10H14OS. The normalized spacial score (nSPS) is 19.5. The molecule has 0 radical (unpaired) electrons. The minimum atomic E-state index is 0.275. The summed E-state index contributed by atoms with van der Waals surface area (Å²) in [4.78, 5) is 2.80. The molecule has 2 rings (SSSR count). The van der Waals surface area contributed by atoms with Gasteiger partial charge >= 0.3 is 0 Å². The molecule has 1 heterocycles. The Kier molecular flexibility index (Phi) is 1.97. The summed E-state index contributed by atoms with van der Waals surface area (Å²) in [6.07, 6.45) is 3.50. The van der Waals surface area contributed by atoms with E-state index in [-0.39, 0.29) is 5.41 Å². The summed E-state index contributed by atoms with van der Waals surface area (Å²) in [6, 6.07) is 4.35. The van der Waals surface area contributed by atoms with Crippen LogP contribution in [0.1, 0.15) is 22.6 Å². The minimum absolute atomic E-state index is 0.275. The predicted molar refractivity (Wildman–Crippen MR) is 51.5 cm³/mol. The van der Waals surface area contributed by atoms with Crippen LogP contribution in [0.25, 0.3) is 0 Å². The molecule has 1 saturated carbocycles. The SMILES string of the molecule is Cc1ccc(CC2(CO)CC2)s1. The van der Waals surface area contributed by atoms with E-state index in [4.69, 9.17) is 5.11 Å². The van der Waals surface area contributed by atoms with Gasteiger partial charge in [0.25, 0.3) is 0 Å². The van der Waals surface area contributed by atoms with Crippen molar-refractivity contribution >= 4 is 11.3 Å². The summed E-state index contributed by atoms with van der Waals surface area (Å²) in [5, 5.41) is 9.13. The second-order valence-electron chi connectivity index (χ2n) is 3.85. The molecule has 1 fully saturated rings. The van der Waals surface area contributed by atoms with Gasteiger partial charge in [-0.2, -0.15) is 0 Å². The van der Waals surface area contributed by atoms with Crippen molar-refractivity contribution in [1.82, 2.24) is 0 Å². The molecule has 0 spiro atoms. The Morgan fingerprint density at radius 3 is 2.67 bits per heavy atom. The largest absolute Gasteiger partial charge is 0.396 e. The van der Waals surface area contributed by atoms with Crippen molar-refractivity contribution in [2.75, 3.05) is 6.61 Å². The van der Waals surface area contributed by atoms with E-state index < -0.39 is 0 Å². The van der Waals surface area contributed by atoms with E-state index >= 15 is 0 Å². The first-order chi connectivity index (χ1) is 5.74. The van der Waals surface area contributed by atoms with Crippen molar-refractivity contribution in [3.05, 3.63) is 21.9 Å². The average molecular weight is 182 g/mol. The zero-order valence-corrected chi connectivity index (χ0v) is 8.16. The molecule has 0 bridgehead atoms. The molecule has 66 valence electrons. The zero-order valence-electron chi connectivity index (χ0n) is 7.34. The fraction of sp³-hybridized carbons (Fsp3) is 0.600. The number of hydrogen-bond donors (Lipinski definition) is 1. The topological polar surface area (TPSA) is 20.2 Å². The summed E-state index contributed by atoms with van der Waals surface area (Å²) in [5.74, 6) is 0. The molecule has 1 aliphatic carbocycles. The Morgan fingerprint density at radius 1 is 1.50 bits per heavy atom. The number of aryl methyl sites for hydroxylation is 1. The molecule has 0 aliphatic heterocycles. The molecule has 0 atom stereocenters. The molecule has 1 N–H and O–H groups in total. The van der Waals surface area contributed by atoms with Crippen molar-refractivity contribution in [3.63, 3.8) is 0 Å². The van der Waals surface area contributed by atoms with Gasteiger partial charge in [-0.05, 0) is 43.7 Å². The number of aliphatic hydroxyl groups is 1. The van der Waals surface area contributed by atoms with E-state index in [2.05, 4.69) is 19.1 Å². The van der Waals surface area contributed by atoms with Crippen LogP contribution >= 0.6 is 11.3 Å². The van der Waals surface area contributed by atoms with E-state index in [0.717, 1.165) is 6.42 Å². The van der Waals surface area contributed by atoms with Crippen molar-refractivity contribution in [2.45, 2.75) is 26.2 Å². The first kappa shape index (κ1) is 8.27. The van der Waals surface area contributed by atoms with Gasteiger partial charge in [0.2, 0.25) is 0 Å². The highest BCUT2D eigenvalue weighted by atomic mass is 32.1. The average Bonchev–Trinajstić information content (AvgIpc) is 2.71. The standard InChI is InChI=1S/C10H14OS/c1-8-2-3-9(12-8)6-10(7-11)4-5-10/h2-3,11H,4-7H2,1H3. The Hall–Kier alpha value is -0.340. The maximum Gasteiger partial charge on any atom is 0.0490 e. The van der Waals surface area contributed by atoms with Gasteiger partial charge in [0.1, 0.15) is 0 Å². The second kappa shape index (κ2) is 2.86. The quantitative estimate of drug-likeness (QED) is 0.761. The molecule has 12 heavy (non-hydrogen) atoms. The number of thiophene rings is 1. The van der Waals surface area contributed by atoms with E-state index in [1.165, 1.54) is 22.6 Å². The molecule has 1 nitrogen and oxygen atoms in total. The molecule has 0 unspecified atom stereocenters. The number of hydrogen-bond acceptors (Lipinski definition) is 2. The summed E-state index contributed by atoms with van der Waals surface area (Å²) in [6.45, 7) is 2.50. The smallest absolute Gasteiger partial charge is 0.0490 e. The van der Waals surface area contributed by atoms with Crippen molar-refractivity contribution in [2.24, 2.45) is 5.41 Å². The highest BCUT2D eigenvalue weighted by molar-refractivity contribution is 7.11. The van der Waals surface area contributed by atoms with Gasteiger partial charge in [-0.1, -0.05) is 0 Å². The predicted octanol–water partition coefficient (Wildman–Crippen LogP) is 2.37. The number of aliphatic hydroxyl groups excluding tert-OH is 1. The second-order valence-corrected chi connectivity index (χ2v) is 5.22. The van der Waals surface area contributed by atoms with Crippen LogP contribution in [0.3, 0.4) is 0 Å². The third kappa shape index (κ3) is 1.54. The van der Waals surface area contributed by atoms with Gasteiger partial charge in [-0.15, -0.1) is 11.3 Å². The van der Waals surface area contributed by atoms with Gasteiger partial charge in [0.05, 0.1) is 0 Å². The van der Waals surface area contributed by atoms with Crippen LogP contribution in [-0.4, -0.2) is 11.7 Å². The lowest BCUT2D eigenvalue weighted by atomic mass is 10.0. The maximum atomic E-state index is 9.13. The van der Waals surface area contributed by atoms with Crippen LogP contribution in [0.15, 0.2) is 12.1 Å². The molecule has 0 saturated heterocycles. The first-order valence-electron chi connectivity index (χ1n) is 4.40. The van der Waals surface area contributed by atoms with Gasteiger partial charge in [0, 0.05) is 16.4 Å². The van der Waals surface area contributed by atoms with Gasteiger partial charge < -0.3 is 5.11 Å². The Bertz CT molecular complexity index is 273. The van der Waals surface area contributed by atoms with E-state index in [9.17, 15) is 0 Å². The third-order valence-corrected chi connectivity index (χ3v) is 3.64. The molecule has 1 aliphatic rings. The van der Waals surface area contributed by atoms with Gasteiger partial charge in [0.15, 0.2) is 0 Å². The van der Waals surface area contributed by atoms with E-state index in [1.807, 2.05) is 11.3 Å². The Labute approximate surface area is 77.0 Å². The minimum Gasteiger partial charge on any atom is -0.396 e. The van der Waals surface area contributed by atoms with Crippen LogP contribution in [-0.2, 0) is 6.42 Å². The summed E-state index contributed by atoms with van der Waals surface area (Å²) in [5.41, 5.74) is 0.275. The van der Waals surface area contributed by atoms with Gasteiger partial charge in [-0.25, -0.2) is 0 Å². The lowest BCUT2D eigenvalue weighted by molar-refractivity contribution is 0.212. The summed E-state index contributed by atoms with van der Waals surface area (Å²) in [7, 11) is 0. The van der Waals surface area contributed by atoms with Crippen LogP contribution in [0.5, 0.6) is 0 Å². The fourth-order valence-corrected chi connectivity index (χ4v) is 2.58. The van der Waals surface area contributed by atoms with Crippen molar-refractivity contribution in [3.8, 4) is 0 Å². The van der Waals surface area contributed by atoms with Crippen LogP contribution in [0, 0.1) is 12.3 Å². The summed E-state index contributed by atoms with van der Waals surface area (Å²) >= 11 is 1.86. The van der Waals surface area contributed by atoms with Gasteiger partial charge in [-0.3, -0.25) is 0 Å². The van der Waals surface area contributed by atoms with E-state index in [0.29, 0.717) is 6.61 Å². The molecule has 1 aromatic rings. The lowest BCUT2D eigenvalue weighted by Crippen LogP contribution is -2.08. The van der Waals surface area contributed by atoms with E-state index in [1.54, 1.807) is 0 Å². The fourth-order valence-electron chi connectivity index (χ4n) is 1.52. The highest BCUT2D eigenvalue weighted by Gasteiger charge is 2.41. The number of rotatable bonds is 3. The monoisotopic (exact) mass is 182 g/mol. The molecular weight excluding hydrogens is 168 g/mol. The Balaban J connectivity index is 2.04. The highest BCUT2D eigenvalue weighted by Crippen LogP contribution is 2.48. The van der Waals surface area contributed by atoms with Crippen LogP contribution in [0.2, 0.25) is 0 Å². The van der Waals surface area contributed by atoms with Crippen molar-refractivity contribution in [1.29, 1.82) is 0 Å². The Morgan fingerprint density at radius 2 is 2.25 bits per heavy atom. The molecule has 2 heteroatoms. The zero-order chi connectivity index (χ0) is 8.60. The summed E-state index contributed by atoms with van der Waals surface area (Å²) < 4.78 is 0. The van der Waals surface area contributed by atoms with Crippen molar-refractivity contribution < 1.29 is 5.11 Å². The molecule has 0 aromatic carbocycles. The maximum absolute atomic E-state index is 9.13. The lowest BCUT2D eigenvalue weighted by Gasteiger charge is -2.08. The third-order valence-electron chi connectivity index (χ3n) is 2.64. The van der Waals surface area contributed by atoms with Crippen LogP contribution in [0.4, 0.5) is 0 Å². The molecule has 0 amide bonds.